The standard InChI is InChI=1S/C24H31F2N3O2/c1-8-28(7)15-27-21-11-17(3)22(12-16(21)2)29(23(30)31-24(4,5)6)14-18-9-10-19(25)20(26)13-18/h9-13,15H,8,14H2,1-7H3. The monoisotopic (exact) mass is 431 g/mol. The largest absolute Gasteiger partial charge is 0.443 e. The summed E-state index contributed by atoms with van der Waals surface area (Å²) >= 11 is 0. The lowest BCUT2D eigenvalue weighted by Gasteiger charge is -2.29. The number of hydrogen-bond acceptors (Lipinski definition) is 3. The lowest BCUT2D eigenvalue weighted by molar-refractivity contribution is 0.0577. The molecule has 0 saturated heterocycles. The predicted molar refractivity (Wildman–Crippen MR) is 121 cm³/mol. The molecule has 168 valence electrons. The number of hydrogen-bond donors (Lipinski definition) is 0. The molecule has 0 aliphatic rings. The quantitative estimate of drug-likeness (QED) is 0.408. The first-order valence-electron chi connectivity index (χ1n) is 10.2. The molecule has 0 saturated carbocycles. The Kier molecular flexibility index (Phi) is 7.76. The molecule has 2 rings (SSSR count). The van der Waals surface area contributed by atoms with Crippen molar-refractivity contribution in [3.8, 4) is 0 Å². The van der Waals surface area contributed by atoms with Gasteiger partial charge >= 0.3 is 6.09 Å². The van der Waals surface area contributed by atoms with E-state index in [-0.39, 0.29) is 6.54 Å². The van der Waals surface area contributed by atoms with E-state index in [1.165, 1.54) is 11.0 Å². The number of halogens is 2. The van der Waals surface area contributed by atoms with Crippen molar-refractivity contribution < 1.29 is 18.3 Å². The highest BCUT2D eigenvalue weighted by molar-refractivity contribution is 5.89. The Morgan fingerprint density at radius 3 is 2.35 bits per heavy atom. The first kappa shape index (κ1) is 24.3. The Labute approximate surface area is 183 Å². The van der Waals surface area contributed by atoms with E-state index < -0.39 is 23.3 Å². The zero-order valence-electron chi connectivity index (χ0n) is 19.3. The Morgan fingerprint density at radius 2 is 1.77 bits per heavy atom. The number of nitrogens with zero attached hydrogens (tertiary/aromatic N) is 3. The number of rotatable bonds is 6. The zero-order chi connectivity index (χ0) is 23.3. The molecule has 0 atom stereocenters. The molecule has 5 nitrogen and oxygen atoms in total. The molecule has 0 radical (unpaired) electrons. The first-order chi connectivity index (χ1) is 14.4. The van der Waals surface area contributed by atoms with Crippen molar-refractivity contribution in [1.82, 2.24) is 4.90 Å². The van der Waals surface area contributed by atoms with Crippen molar-refractivity contribution in [2.45, 2.75) is 53.7 Å². The molecular weight excluding hydrogens is 400 g/mol. The van der Waals surface area contributed by atoms with Crippen LogP contribution in [0.4, 0.5) is 25.0 Å². The minimum atomic E-state index is -0.959. The summed E-state index contributed by atoms with van der Waals surface area (Å²) in [6, 6.07) is 7.36. The summed E-state index contributed by atoms with van der Waals surface area (Å²) < 4.78 is 32.7. The van der Waals surface area contributed by atoms with E-state index in [2.05, 4.69) is 4.99 Å². The van der Waals surface area contributed by atoms with E-state index in [1.54, 1.807) is 27.1 Å². The van der Waals surface area contributed by atoms with Gasteiger partial charge in [0.1, 0.15) is 5.60 Å². The maximum Gasteiger partial charge on any atom is 0.415 e. The number of carbonyl (C=O) groups excluding carboxylic acids is 1. The van der Waals surface area contributed by atoms with Gasteiger partial charge in [-0.15, -0.1) is 0 Å². The normalized spacial score (nSPS) is 11.6. The maximum atomic E-state index is 13.8. The van der Waals surface area contributed by atoms with Gasteiger partial charge in [-0.25, -0.2) is 18.6 Å². The van der Waals surface area contributed by atoms with Crippen molar-refractivity contribution in [2.75, 3.05) is 18.5 Å². The van der Waals surface area contributed by atoms with Crippen LogP contribution < -0.4 is 4.90 Å². The summed E-state index contributed by atoms with van der Waals surface area (Å²) in [6.07, 6.45) is 1.19. The van der Waals surface area contributed by atoms with Crippen LogP contribution in [0.25, 0.3) is 0 Å². The molecule has 2 aromatic carbocycles. The van der Waals surface area contributed by atoms with Crippen LogP contribution in [0.15, 0.2) is 35.3 Å². The molecule has 0 aliphatic carbocycles. The molecule has 2 aromatic rings. The summed E-state index contributed by atoms with van der Waals surface area (Å²) in [5.74, 6) is -1.89. The zero-order valence-corrected chi connectivity index (χ0v) is 19.3. The smallest absolute Gasteiger partial charge is 0.415 e. The highest BCUT2D eigenvalue weighted by Gasteiger charge is 2.25. The van der Waals surface area contributed by atoms with Gasteiger partial charge < -0.3 is 9.64 Å². The summed E-state index contributed by atoms with van der Waals surface area (Å²) in [5, 5.41) is 0. The third-order valence-corrected chi connectivity index (χ3v) is 4.64. The van der Waals surface area contributed by atoms with Crippen LogP contribution >= 0.6 is 0 Å². The van der Waals surface area contributed by atoms with Crippen molar-refractivity contribution in [2.24, 2.45) is 4.99 Å². The van der Waals surface area contributed by atoms with Gasteiger partial charge in [-0.1, -0.05) is 6.07 Å². The molecule has 0 spiro atoms. The maximum absolute atomic E-state index is 13.8. The van der Waals surface area contributed by atoms with Gasteiger partial charge in [0.2, 0.25) is 0 Å². The van der Waals surface area contributed by atoms with Gasteiger partial charge in [0.15, 0.2) is 11.6 Å². The molecule has 0 aliphatic heterocycles. The molecule has 1 amide bonds. The second-order valence-corrected chi connectivity index (χ2v) is 8.56. The van der Waals surface area contributed by atoms with Crippen LogP contribution in [0.5, 0.6) is 0 Å². The summed E-state index contributed by atoms with van der Waals surface area (Å²) in [5.41, 5.74) is 2.85. The molecule has 0 fully saturated rings. The van der Waals surface area contributed by atoms with Crippen LogP contribution in [0, 0.1) is 25.5 Å². The third kappa shape index (κ3) is 6.77. The van der Waals surface area contributed by atoms with E-state index in [0.717, 1.165) is 35.5 Å². The fourth-order valence-corrected chi connectivity index (χ4v) is 2.84. The molecule has 0 N–H and O–H groups in total. The Morgan fingerprint density at radius 1 is 1.10 bits per heavy atom. The van der Waals surface area contributed by atoms with E-state index in [9.17, 15) is 13.6 Å². The fraction of sp³-hybridized carbons (Fsp3) is 0.417. The molecular formula is C24H31F2N3O2. The highest BCUT2D eigenvalue weighted by Crippen LogP contribution is 2.31. The van der Waals surface area contributed by atoms with Gasteiger partial charge in [-0.3, -0.25) is 4.90 Å². The first-order valence-corrected chi connectivity index (χ1v) is 10.2. The van der Waals surface area contributed by atoms with Gasteiger partial charge in [0.05, 0.1) is 24.3 Å². The van der Waals surface area contributed by atoms with Crippen LogP contribution in [0.1, 0.15) is 44.4 Å². The number of anilines is 1. The number of aryl methyl sites for hydroxylation is 2. The van der Waals surface area contributed by atoms with Crippen LogP contribution in [0.3, 0.4) is 0 Å². The van der Waals surface area contributed by atoms with E-state index in [4.69, 9.17) is 4.74 Å². The van der Waals surface area contributed by atoms with Crippen LogP contribution in [0.2, 0.25) is 0 Å². The molecule has 7 heteroatoms. The van der Waals surface area contributed by atoms with Crippen LogP contribution in [-0.4, -0.2) is 36.5 Å². The van der Waals surface area contributed by atoms with E-state index in [1.807, 2.05) is 44.9 Å². The number of amides is 1. The average Bonchev–Trinajstić information content (AvgIpc) is 2.67. The lowest BCUT2D eigenvalue weighted by Crippen LogP contribution is -2.37. The van der Waals surface area contributed by atoms with Crippen molar-refractivity contribution >= 4 is 23.8 Å². The highest BCUT2D eigenvalue weighted by atomic mass is 19.2. The Bertz CT molecular complexity index is 968. The van der Waals surface area contributed by atoms with Crippen molar-refractivity contribution in [1.29, 1.82) is 0 Å². The number of aliphatic imine (C=N–C) groups is 1. The van der Waals surface area contributed by atoms with E-state index >= 15 is 0 Å². The molecule has 0 aromatic heterocycles. The minimum Gasteiger partial charge on any atom is -0.443 e. The Hall–Kier alpha value is -2.96. The fourth-order valence-electron chi connectivity index (χ4n) is 2.84. The second-order valence-electron chi connectivity index (χ2n) is 8.56. The van der Waals surface area contributed by atoms with Crippen molar-refractivity contribution in [3.63, 3.8) is 0 Å². The second kappa shape index (κ2) is 9.90. The summed E-state index contributed by atoms with van der Waals surface area (Å²) in [4.78, 5) is 20.9. The summed E-state index contributed by atoms with van der Waals surface area (Å²) in [6.45, 7) is 12.0. The van der Waals surface area contributed by atoms with Gasteiger partial charge in [0, 0.05) is 13.6 Å². The summed E-state index contributed by atoms with van der Waals surface area (Å²) in [7, 11) is 1.94. The predicted octanol–water partition coefficient (Wildman–Crippen LogP) is 6.13. The molecule has 0 bridgehead atoms. The van der Waals surface area contributed by atoms with Crippen LogP contribution in [-0.2, 0) is 11.3 Å². The SMILES string of the molecule is CCN(C)C=Nc1cc(C)c(N(Cc2ccc(F)c(F)c2)C(=O)OC(C)(C)C)cc1C. The molecule has 0 unspecified atom stereocenters. The van der Waals surface area contributed by atoms with Crippen molar-refractivity contribution in [3.05, 3.63) is 58.7 Å². The Balaban J connectivity index is 2.47. The number of carbonyl (C=O) groups is 1. The topological polar surface area (TPSA) is 45.1 Å². The lowest BCUT2D eigenvalue weighted by atomic mass is 10.1. The molecule has 31 heavy (non-hydrogen) atoms. The van der Waals surface area contributed by atoms with Gasteiger partial charge in [-0.05, 0) is 82.5 Å². The van der Waals surface area contributed by atoms with Gasteiger partial charge in [-0.2, -0.15) is 0 Å². The number of ether oxygens (including phenoxy) is 1. The third-order valence-electron chi connectivity index (χ3n) is 4.64. The van der Waals surface area contributed by atoms with Gasteiger partial charge in [0.25, 0.3) is 0 Å². The minimum absolute atomic E-state index is 0.0353. The molecule has 0 heterocycles. The number of benzene rings is 2. The average molecular weight is 432 g/mol. The van der Waals surface area contributed by atoms with E-state index in [0.29, 0.717) is 11.3 Å².